The Balaban J connectivity index is 1.82. The molecule has 4 rings (SSSR count). The second kappa shape index (κ2) is 5.77. The number of pyridine rings is 1. The fourth-order valence-electron chi connectivity index (χ4n) is 3.00. The van der Waals surface area contributed by atoms with Gasteiger partial charge in [-0.1, -0.05) is 19.1 Å². The first-order valence-corrected chi connectivity index (χ1v) is 8.08. The van der Waals surface area contributed by atoms with E-state index in [1.165, 1.54) is 0 Å². The Kier molecular flexibility index (Phi) is 3.59. The van der Waals surface area contributed by atoms with Crippen LogP contribution in [-0.4, -0.2) is 26.0 Å². The summed E-state index contributed by atoms with van der Waals surface area (Å²) < 4.78 is 1.75. The van der Waals surface area contributed by atoms with E-state index in [4.69, 9.17) is 5.73 Å². The van der Waals surface area contributed by atoms with E-state index in [2.05, 4.69) is 27.0 Å². The molecule has 3 aromatic rings. The Morgan fingerprint density at radius 2 is 2.25 bits per heavy atom. The lowest BCUT2D eigenvalue weighted by atomic mass is 10.0. The number of aromatic nitrogens is 3. The van der Waals surface area contributed by atoms with Crippen LogP contribution in [0.3, 0.4) is 0 Å². The number of hydrazine groups is 1. The van der Waals surface area contributed by atoms with Gasteiger partial charge >= 0.3 is 0 Å². The molecule has 0 amide bonds. The van der Waals surface area contributed by atoms with Crippen LogP contribution in [0.25, 0.3) is 21.8 Å². The van der Waals surface area contributed by atoms with Crippen LogP contribution in [0.2, 0.25) is 0 Å². The molecule has 1 aliphatic heterocycles. The summed E-state index contributed by atoms with van der Waals surface area (Å²) in [4.78, 5) is 4.54. The van der Waals surface area contributed by atoms with Crippen LogP contribution < -0.4 is 16.6 Å². The fourth-order valence-corrected chi connectivity index (χ4v) is 3.00. The molecular formula is C17H20N6O. The molecular weight excluding hydrogens is 304 g/mol. The lowest BCUT2D eigenvalue weighted by Crippen LogP contribution is -2.24. The highest BCUT2D eigenvalue weighted by Crippen LogP contribution is 2.29. The number of aliphatic hydroxyl groups excluding tert-OH is 1. The van der Waals surface area contributed by atoms with Crippen molar-refractivity contribution in [2.75, 3.05) is 5.73 Å². The topological polar surface area (TPSA) is 101 Å². The van der Waals surface area contributed by atoms with Gasteiger partial charge in [0.1, 0.15) is 11.3 Å². The zero-order valence-corrected chi connectivity index (χ0v) is 13.4. The molecule has 2 atom stereocenters. The third-order valence-electron chi connectivity index (χ3n) is 4.39. The summed E-state index contributed by atoms with van der Waals surface area (Å²) in [5.41, 5.74) is 15.0. The predicted molar refractivity (Wildman–Crippen MR) is 93.9 cm³/mol. The van der Waals surface area contributed by atoms with Crippen LogP contribution in [0.1, 0.15) is 24.9 Å². The van der Waals surface area contributed by atoms with E-state index in [9.17, 15) is 5.11 Å². The van der Waals surface area contributed by atoms with Gasteiger partial charge in [0, 0.05) is 17.8 Å². The highest BCUT2D eigenvalue weighted by Gasteiger charge is 2.15. The Morgan fingerprint density at radius 1 is 1.38 bits per heavy atom. The first-order valence-electron chi connectivity index (χ1n) is 8.08. The molecule has 2 aromatic heterocycles. The number of fused-ring (bicyclic) bond motifs is 3. The van der Waals surface area contributed by atoms with Crippen molar-refractivity contribution in [1.82, 2.24) is 25.6 Å². The average molecular weight is 324 g/mol. The van der Waals surface area contributed by atoms with Crippen molar-refractivity contribution in [3.63, 3.8) is 0 Å². The lowest BCUT2D eigenvalue weighted by Gasteiger charge is -2.10. The number of benzene rings is 1. The van der Waals surface area contributed by atoms with E-state index in [1.54, 1.807) is 4.68 Å². The van der Waals surface area contributed by atoms with Gasteiger partial charge in [-0.25, -0.2) is 10.4 Å². The summed E-state index contributed by atoms with van der Waals surface area (Å²) in [6.45, 7) is 2.40. The van der Waals surface area contributed by atoms with Gasteiger partial charge in [0.05, 0.1) is 29.6 Å². The molecule has 24 heavy (non-hydrogen) atoms. The zero-order chi connectivity index (χ0) is 16.7. The monoisotopic (exact) mass is 324 g/mol. The van der Waals surface area contributed by atoms with Gasteiger partial charge < -0.3 is 16.3 Å². The largest absolute Gasteiger partial charge is 0.391 e. The number of hydrogen-bond acceptors (Lipinski definition) is 6. The Morgan fingerprint density at radius 3 is 3.00 bits per heavy atom. The van der Waals surface area contributed by atoms with Crippen LogP contribution in [-0.2, 0) is 6.54 Å². The first-order chi connectivity index (χ1) is 11.7. The van der Waals surface area contributed by atoms with E-state index in [-0.39, 0.29) is 6.04 Å². The summed E-state index contributed by atoms with van der Waals surface area (Å²) in [5, 5.41) is 16.2. The first kappa shape index (κ1) is 14.9. The van der Waals surface area contributed by atoms with Gasteiger partial charge in [0.25, 0.3) is 0 Å². The van der Waals surface area contributed by atoms with E-state index < -0.39 is 6.10 Å². The number of rotatable bonds is 4. The quantitative estimate of drug-likeness (QED) is 0.581. The van der Waals surface area contributed by atoms with Crippen LogP contribution in [0.5, 0.6) is 0 Å². The summed E-state index contributed by atoms with van der Waals surface area (Å²) in [7, 11) is 0. The Labute approximate surface area is 139 Å². The van der Waals surface area contributed by atoms with Crippen molar-refractivity contribution in [1.29, 1.82) is 0 Å². The molecule has 7 nitrogen and oxygen atoms in total. The summed E-state index contributed by atoms with van der Waals surface area (Å²) in [6, 6.07) is 6.24. The molecule has 124 valence electrons. The van der Waals surface area contributed by atoms with Crippen LogP contribution in [0.15, 0.2) is 36.7 Å². The van der Waals surface area contributed by atoms with Gasteiger partial charge in [-0.05, 0) is 24.1 Å². The minimum Gasteiger partial charge on any atom is -0.391 e. The molecule has 0 saturated carbocycles. The van der Waals surface area contributed by atoms with E-state index in [0.717, 1.165) is 27.4 Å². The number of nitrogen functional groups attached to an aromatic ring is 1. The average Bonchev–Trinajstić information content (AvgIpc) is 3.24. The maximum absolute atomic E-state index is 9.85. The molecule has 5 N–H and O–H groups in total. The molecule has 7 heteroatoms. The van der Waals surface area contributed by atoms with Crippen molar-refractivity contribution >= 4 is 27.6 Å². The normalized spacial score (nSPS) is 18.3. The maximum Gasteiger partial charge on any atom is 0.135 e. The Bertz CT molecular complexity index is 932. The smallest absolute Gasteiger partial charge is 0.135 e. The minimum absolute atomic E-state index is 0.116. The Hall–Kier alpha value is -2.64. The number of nitrogens with zero attached hydrogens (tertiary/aromatic N) is 3. The van der Waals surface area contributed by atoms with E-state index in [1.807, 2.05) is 37.5 Å². The molecule has 0 saturated heterocycles. The minimum atomic E-state index is -0.418. The molecule has 1 aromatic carbocycles. The van der Waals surface area contributed by atoms with Crippen molar-refractivity contribution < 1.29 is 5.11 Å². The van der Waals surface area contributed by atoms with Gasteiger partial charge in [-0.15, -0.1) is 0 Å². The fraction of sp³-hybridized carbons (Fsp3) is 0.294. The second-order valence-electron chi connectivity index (χ2n) is 6.07. The standard InChI is InChI=1S/C17H20N6O/c1-2-11(24)8-23-9-13-16(22-23)12-4-3-10(14-5-6-19-21-14)7-15(12)20-17(13)18/h3-7,9,11,14,19,21,24H,2,8H2,1H3,(H2,18,20)/t11-,14?/m0/s1. The van der Waals surface area contributed by atoms with Crippen LogP contribution in [0.4, 0.5) is 5.82 Å². The van der Waals surface area contributed by atoms with Gasteiger partial charge in [-0.2, -0.15) is 5.10 Å². The zero-order valence-electron chi connectivity index (χ0n) is 13.4. The van der Waals surface area contributed by atoms with Crippen LogP contribution in [0, 0.1) is 0 Å². The highest BCUT2D eigenvalue weighted by atomic mass is 16.3. The molecule has 0 radical (unpaired) electrons. The second-order valence-corrected chi connectivity index (χ2v) is 6.07. The maximum atomic E-state index is 9.85. The lowest BCUT2D eigenvalue weighted by molar-refractivity contribution is 0.145. The molecule has 0 spiro atoms. The molecule has 1 unspecified atom stereocenters. The summed E-state index contributed by atoms with van der Waals surface area (Å²) >= 11 is 0. The molecule has 3 heterocycles. The molecule has 0 fully saturated rings. The molecule has 1 aliphatic rings. The van der Waals surface area contributed by atoms with Gasteiger partial charge in [-0.3, -0.25) is 4.68 Å². The number of aliphatic hydroxyl groups is 1. The SMILES string of the molecule is CC[C@H](O)Cn1cc2c(N)nc3cc(C4C=CNN4)ccc3c2n1. The highest BCUT2D eigenvalue weighted by molar-refractivity contribution is 6.07. The van der Waals surface area contributed by atoms with E-state index in [0.29, 0.717) is 18.8 Å². The summed E-state index contributed by atoms with van der Waals surface area (Å²) in [6.07, 6.45) is 6.04. The van der Waals surface area contributed by atoms with Gasteiger partial charge in [0.15, 0.2) is 0 Å². The van der Waals surface area contributed by atoms with Crippen LogP contribution >= 0.6 is 0 Å². The summed E-state index contributed by atoms with van der Waals surface area (Å²) in [5.74, 6) is 0.458. The predicted octanol–water partition coefficient (Wildman–Crippen LogP) is 1.60. The van der Waals surface area contributed by atoms with Gasteiger partial charge in [0.2, 0.25) is 0 Å². The third kappa shape index (κ3) is 2.47. The molecule has 0 bridgehead atoms. The third-order valence-corrected chi connectivity index (χ3v) is 4.39. The van der Waals surface area contributed by atoms with E-state index >= 15 is 0 Å². The molecule has 0 aliphatic carbocycles. The van der Waals surface area contributed by atoms with Crippen molar-refractivity contribution in [2.24, 2.45) is 0 Å². The van der Waals surface area contributed by atoms with Crippen molar-refractivity contribution in [2.45, 2.75) is 32.0 Å². The number of nitrogens with two attached hydrogens (primary N) is 1. The number of anilines is 1. The van der Waals surface area contributed by atoms with Crippen molar-refractivity contribution in [3.05, 3.63) is 42.2 Å². The number of hydrogen-bond donors (Lipinski definition) is 4. The number of nitrogens with one attached hydrogen (secondary N) is 2. The van der Waals surface area contributed by atoms with Crippen molar-refractivity contribution in [3.8, 4) is 0 Å².